The second-order valence-corrected chi connectivity index (χ2v) is 9.51. The lowest BCUT2D eigenvalue weighted by Gasteiger charge is -2.28. The Morgan fingerprint density at radius 3 is 2.40 bits per heavy atom. The summed E-state index contributed by atoms with van der Waals surface area (Å²) in [4.78, 5) is 6.62. The first-order valence-electron chi connectivity index (χ1n) is 9.45. The van der Waals surface area contributed by atoms with Crippen LogP contribution in [0.1, 0.15) is 29.2 Å². The van der Waals surface area contributed by atoms with Gasteiger partial charge in [-0.05, 0) is 67.7 Å². The smallest absolute Gasteiger partial charge is 0.229 e. The Balaban J connectivity index is 1.77. The third kappa shape index (κ3) is 3.90. The molecule has 0 unspecified atom stereocenters. The predicted octanol–water partition coefficient (Wildman–Crippen LogP) is 3.28. The number of thiocarbonyl (C=S) groups is 1. The van der Waals surface area contributed by atoms with Gasteiger partial charge >= 0.3 is 0 Å². The van der Waals surface area contributed by atoms with Gasteiger partial charge in [-0.2, -0.15) is 0 Å². The van der Waals surface area contributed by atoms with Crippen molar-refractivity contribution in [3.05, 3.63) is 77.9 Å². The standard InChI is InChI=1S/C21H23N5O2S2/c1-14-7-12-18(25(14)2)20-19(17-6-4-5-13-22-17)23-21(29)26(20)16-10-8-15(9-11-16)24-30(3,27)28/h4-13,19-20,24H,1-3H3,(H,23,29)/t19-,20-/m0/s1. The summed E-state index contributed by atoms with van der Waals surface area (Å²) < 4.78 is 27.7. The molecule has 3 heterocycles. The minimum atomic E-state index is -3.33. The van der Waals surface area contributed by atoms with Crippen LogP contribution in [0.15, 0.2) is 60.8 Å². The van der Waals surface area contributed by atoms with Crippen LogP contribution in [0.3, 0.4) is 0 Å². The lowest BCUT2D eigenvalue weighted by Crippen LogP contribution is -2.30. The largest absolute Gasteiger partial charge is 0.351 e. The van der Waals surface area contributed by atoms with Crippen LogP contribution in [-0.2, 0) is 17.1 Å². The second-order valence-electron chi connectivity index (χ2n) is 7.38. The van der Waals surface area contributed by atoms with Crippen molar-refractivity contribution in [3.63, 3.8) is 0 Å². The maximum atomic E-state index is 11.5. The average Bonchev–Trinajstić information content (AvgIpc) is 3.21. The summed E-state index contributed by atoms with van der Waals surface area (Å²) in [5.74, 6) is 0. The molecule has 1 aromatic carbocycles. The number of hydrogen-bond donors (Lipinski definition) is 2. The third-order valence-corrected chi connectivity index (χ3v) is 6.18. The van der Waals surface area contributed by atoms with Gasteiger partial charge in [-0.25, -0.2) is 8.42 Å². The van der Waals surface area contributed by atoms with E-state index in [2.05, 4.69) is 43.5 Å². The maximum Gasteiger partial charge on any atom is 0.229 e. The van der Waals surface area contributed by atoms with Crippen molar-refractivity contribution >= 4 is 38.7 Å². The van der Waals surface area contributed by atoms with E-state index in [0.29, 0.717) is 10.8 Å². The van der Waals surface area contributed by atoms with Gasteiger partial charge in [-0.15, -0.1) is 0 Å². The Bertz CT molecular complexity index is 1170. The Labute approximate surface area is 181 Å². The SMILES string of the molecule is Cc1ccc([C@H]2[C@H](c3ccccn3)NC(=S)N2c2ccc(NS(C)(=O)=O)cc2)n1C. The first kappa shape index (κ1) is 20.4. The van der Waals surface area contributed by atoms with Crippen LogP contribution < -0.4 is 14.9 Å². The zero-order chi connectivity index (χ0) is 21.5. The van der Waals surface area contributed by atoms with Crippen LogP contribution in [0.25, 0.3) is 0 Å². The normalized spacial score (nSPS) is 19.0. The average molecular weight is 442 g/mol. The van der Waals surface area contributed by atoms with E-state index in [1.807, 2.05) is 37.4 Å². The Kier molecular flexibility index (Phi) is 5.25. The minimum absolute atomic E-state index is 0.111. The molecule has 2 atom stereocenters. The topological polar surface area (TPSA) is 79.3 Å². The number of hydrogen-bond acceptors (Lipinski definition) is 4. The number of pyridine rings is 1. The lowest BCUT2D eigenvalue weighted by atomic mass is 10.0. The van der Waals surface area contributed by atoms with Gasteiger partial charge in [-0.3, -0.25) is 9.71 Å². The van der Waals surface area contributed by atoms with Crippen LogP contribution in [0.2, 0.25) is 0 Å². The van der Waals surface area contributed by atoms with Gasteiger partial charge in [0.1, 0.15) is 6.04 Å². The van der Waals surface area contributed by atoms with E-state index in [9.17, 15) is 8.42 Å². The molecule has 30 heavy (non-hydrogen) atoms. The van der Waals surface area contributed by atoms with Gasteiger partial charge in [0.2, 0.25) is 10.0 Å². The molecule has 0 amide bonds. The summed E-state index contributed by atoms with van der Waals surface area (Å²) in [7, 11) is -1.29. The molecule has 1 saturated heterocycles. The number of rotatable bonds is 5. The van der Waals surface area contributed by atoms with Crippen molar-refractivity contribution in [2.75, 3.05) is 15.9 Å². The molecule has 0 radical (unpaired) electrons. The molecule has 0 saturated carbocycles. The third-order valence-electron chi connectivity index (χ3n) is 5.26. The molecule has 156 valence electrons. The van der Waals surface area contributed by atoms with E-state index in [4.69, 9.17) is 12.2 Å². The van der Waals surface area contributed by atoms with Crippen molar-refractivity contribution in [2.24, 2.45) is 7.05 Å². The molecule has 7 nitrogen and oxygen atoms in total. The molecule has 1 aliphatic rings. The van der Waals surface area contributed by atoms with Crippen LogP contribution in [0, 0.1) is 6.92 Å². The molecule has 9 heteroatoms. The summed E-state index contributed by atoms with van der Waals surface area (Å²) in [6, 6.07) is 17.0. The molecule has 2 N–H and O–H groups in total. The van der Waals surface area contributed by atoms with Gasteiger partial charge in [0.25, 0.3) is 0 Å². The molecule has 2 aromatic heterocycles. The zero-order valence-electron chi connectivity index (χ0n) is 16.9. The Hall–Kier alpha value is -2.91. The van der Waals surface area contributed by atoms with Crippen LogP contribution in [-0.4, -0.2) is 29.3 Å². The van der Waals surface area contributed by atoms with Gasteiger partial charge in [-0.1, -0.05) is 6.07 Å². The van der Waals surface area contributed by atoms with Gasteiger partial charge in [0, 0.05) is 36.0 Å². The summed E-state index contributed by atoms with van der Waals surface area (Å²) >= 11 is 5.71. The predicted molar refractivity (Wildman–Crippen MR) is 123 cm³/mol. The van der Waals surface area contributed by atoms with Crippen LogP contribution in [0.5, 0.6) is 0 Å². The van der Waals surface area contributed by atoms with Gasteiger partial charge in [0.05, 0.1) is 18.0 Å². The number of benzene rings is 1. The van der Waals surface area contributed by atoms with E-state index in [1.165, 1.54) is 0 Å². The summed E-state index contributed by atoms with van der Waals surface area (Å²) in [6.45, 7) is 2.07. The number of sulfonamides is 1. The molecule has 1 aliphatic heterocycles. The van der Waals surface area contributed by atoms with E-state index in [1.54, 1.807) is 18.3 Å². The molecular weight excluding hydrogens is 418 g/mol. The molecule has 0 spiro atoms. The lowest BCUT2D eigenvalue weighted by molar-refractivity contribution is 0.539. The number of aromatic nitrogens is 2. The number of nitrogens with zero attached hydrogens (tertiary/aromatic N) is 3. The monoisotopic (exact) mass is 441 g/mol. The summed E-state index contributed by atoms with van der Waals surface area (Å²) in [6.07, 6.45) is 2.91. The first-order valence-corrected chi connectivity index (χ1v) is 11.8. The number of anilines is 2. The van der Waals surface area contributed by atoms with E-state index in [0.717, 1.165) is 29.0 Å². The molecule has 3 aromatic rings. The highest BCUT2D eigenvalue weighted by Crippen LogP contribution is 2.41. The molecule has 4 rings (SSSR count). The number of aryl methyl sites for hydroxylation is 1. The molecule has 0 bridgehead atoms. The Morgan fingerprint density at radius 2 is 1.83 bits per heavy atom. The zero-order valence-corrected chi connectivity index (χ0v) is 18.5. The fraction of sp³-hybridized carbons (Fsp3) is 0.238. The second kappa shape index (κ2) is 7.73. The van der Waals surface area contributed by atoms with Crippen molar-refractivity contribution in [1.82, 2.24) is 14.9 Å². The van der Waals surface area contributed by atoms with Crippen molar-refractivity contribution in [2.45, 2.75) is 19.0 Å². The molecular formula is C21H23N5O2S2. The van der Waals surface area contributed by atoms with E-state index >= 15 is 0 Å². The molecule has 1 fully saturated rings. The van der Waals surface area contributed by atoms with Crippen molar-refractivity contribution in [1.29, 1.82) is 0 Å². The summed E-state index contributed by atoms with van der Waals surface area (Å²) in [5, 5.41) is 4.02. The quantitative estimate of drug-likeness (QED) is 0.592. The maximum absolute atomic E-state index is 11.5. The van der Waals surface area contributed by atoms with E-state index in [-0.39, 0.29) is 12.1 Å². The molecule has 0 aliphatic carbocycles. The van der Waals surface area contributed by atoms with Gasteiger partial charge in [0.15, 0.2) is 5.11 Å². The highest BCUT2D eigenvalue weighted by molar-refractivity contribution is 7.92. The minimum Gasteiger partial charge on any atom is -0.351 e. The van der Waals surface area contributed by atoms with Crippen molar-refractivity contribution < 1.29 is 8.42 Å². The van der Waals surface area contributed by atoms with Crippen LogP contribution >= 0.6 is 12.2 Å². The van der Waals surface area contributed by atoms with E-state index < -0.39 is 10.0 Å². The van der Waals surface area contributed by atoms with Gasteiger partial charge < -0.3 is 14.8 Å². The highest BCUT2D eigenvalue weighted by Gasteiger charge is 2.41. The first-order chi connectivity index (χ1) is 14.2. The Morgan fingerprint density at radius 1 is 1.10 bits per heavy atom. The fourth-order valence-electron chi connectivity index (χ4n) is 3.77. The fourth-order valence-corrected chi connectivity index (χ4v) is 4.68. The highest BCUT2D eigenvalue weighted by atomic mass is 32.2. The van der Waals surface area contributed by atoms with Crippen molar-refractivity contribution in [3.8, 4) is 0 Å². The summed E-state index contributed by atoms with van der Waals surface area (Å²) in [5.41, 5.74) is 4.53. The number of nitrogens with one attached hydrogen (secondary N) is 2. The van der Waals surface area contributed by atoms with Crippen LogP contribution in [0.4, 0.5) is 11.4 Å².